The van der Waals surface area contributed by atoms with Crippen LogP contribution in [0.5, 0.6) is 0 Å². The number of carbonyl (C=O) groups excluding carboxylic acids is 1. The second kappa shape index (κ2) is 9.05. The van der Waals surface area contributed by atoms with E-state index in [9.17, 15) is 4.79 Å². The number of rotatable bonds is 7. The van der Waals surface area contributed by atoms with Gasteiger partial charge in [-0.25, -0.2) is 0 Å². The average molecular weight is 358 g/mol. The Kier molecular flexibility index (Phi) is 7.07. The van der Waals surface area contributed by atoms with Crippen LogP contribution in [0.1, 0.15) is 56.2 Å². The lowest BCUT2D eigenvalue weighted by atomic mass is 9.91. The number of alkyl halides is 1. The van der Waals surface area contributed by atoms with E-state index < -0.39 is 0 Å². The molecule has 3 heteroatoms. The zero-order valence-electron chi connectivity index (χ0n) is 15.6. The number of benzene rings is 2. The summed E-state index contributed by atoms with van der Waals surface area (Å²) in [5, 5.41) is 0. The highest BCUT2D eigenvalue weighted by molar-refractivity contribution is 6.29. The molecule has 0 atom stereocenters. The van der Waals surface area contributed by atoms with Crippen molar-refractivity contribution in [3.8, 4) is 0 Å². The van der Waals surface area contributed by atoms with Crippen molar-refractivity contribution in [3.63, 3.8) is 0 Å². The molecule has 0 aliphatic rings. The molecule has 0 radical (unpaired) electrons. The largest absolute Gasteiger partial charge is 0.310 e. The van der Waals surface area contributed by atoms with Gasteiger partial charge >= 0.3 is 0 Å². The summed E-state index contributed by atoms with van der Waals surface area (Å²) in [6.07, 6.45) is 0.813. The Morgan fingerprint density at radius 3 is 1.96 bits per heavy atom. The summed E-state index contributed by atoms with van der Waals surface area (Å²) >= 11 is 5.95. The topological polar surface area (TPSA) is 20.3 Å². The molecule has 0 aliphatic carbocycles. The van der Waals surface area contributed by atoms with Gasteiger partial charge in [0.1, 0.15) is 5.88 Å². The van der Waals surface area contributed by atoms with Gasteiger partial charge in [-0.3, -0.25) is 4.79 Å². The normalized spacial score (nSPS) is 11.2. The number of halogens is 1. The van der Waals surface area contributed by atoms with E-state index in [0.29, 0.717) is 18.4 Å². The minimum Gasteiger partial charge on any atom is -0.310 e. The molecule has 2 nitrogen and oxygen atoms in total. The monoisotopic (exact) mass is 357 g/mol. The van der Waals surface area contributed by atoms with Crippen LogP contribution in [0.3, 0.4) is 0 Å². The fraction of sp³-hybridized carbons (Fsp3) is 0.409. The summed E-state index contributed by atoms with van der Waals surface area (Å²) in [7, 11) is 0. The first-order valence-corrected chi connectivity index (χ1v) is 9.52. The van der Waals surface area contributed by atoms with Gasteiger partial charge in [-0.15, -0.1) is 11.6 Å². The van der Waals surface area contributed by atoms with Crippen LogP contribution in [0, 0.1) is 0 Å². The SMILES string of the molecule is CC(C)c1cccc(C(C)C)c1N(CCc1ccccc1)C(=O)CCl. The summed E-state index contributed by atoms with van der Waals surface area (Å²) in [4.78, 5) is 14.6. The molecule has 1 amide bonds. The number of amides is 1. The van der Waals surface area contributed by atoms with Gasteiger partial charge in [0.25, 0.3) is 0 Å². The quantitative estimate of drug-likeness (QED) is 0.578. The number of para-hydroxylation sites is 1. The Hall–Kier alpha value is -1.80. The van der Waals surface area contributed by atoms with Gasteiger partial charge in [-0.1, -0.05) is 76.2 Å². The third-order valence-corrected chi connectivity index (χ3v) is 4.72. The Morgan fingerprint density at radius 1 is 0.920 bits per heavy atom. The molecule has 2 aromatic rings. The smallest absolute Gasteiger partial charge is 0.241 e. The maximum Gasteiger partial charge on any atom is 0.241 e. The zero-order chi connectivity index (χ0) is 18.4. The van der Waals surface area contributed by atoms with Crippen LogP contribution in [0.15, 0.2) is 48.5 Å². The van der Waals surface area contributed by atoms with E-state index in [0.717, 1.165) is 12.1 Å². The molecule has 0 saturated carbocycles. The van der Waals surface area contributed by atoms with Gasteiger partial charge in [0.2, 0.25) is 5.91 Å². The first-order valence-electron chi connectivity index (χ1n) is 8.98. The number of nitrogens with zero attached hydrogens (tertiary/aromatic N) is 1. The van der Waals surface area contributed by atoms with E-state index >= 15 is 0 Å². The lowest BCUT2D eigenvalue weighted by Gasteiger charge is -2.30. The molecule has 2 aromatic carbocycles. The van der Waals surface area contributed by atoms with Crippen LogP contribution in [0.2, 0.25) is 0 Å². The van der Waals surface area contributed by atoms with Crippen molar-refractivity contribution in [1.29, 1.82) is 0 Å². The lowest BCUT2D eigenvalue weighted by molar-refractivity contribution is -0.116. The molecular formula is C22H28ClNO. The van der Waals surface area contributed by atoms with Crippen molar-refractivity contribution in [2.24, 2.45) is 0 Å². The third kappa shape index (κ3) is 4.85. The first-order chi connectivity index (χ1) is 12.0. The Labute approximate surface area is 156 Å². The van der Waals surface area contributed by atoms with Gasteiger partial charge in [-0.05, 0) is 34.9 Å². The zero-order valence-corrected chi connectivity index (χ0v) is 16.4. The first kappa shape index (κ1) is 19.5. The molecular weight excluding hydrogens is 330 g/mol. The highest BCUT2D eigenvalue weighted by Crippen LogP contribution is 2.35. The minimum absolute atomic E-state index is 0.00124. The molecule has 0 bridgehead atoms. The molecule has 0 fully saturated rings. The Balaban J connectivity index is 2.45. The molecule has 25 heavy (non-hydrogen) atoms. The summed E-state index contributed by atoms with van der Waals surface area (Å²) in [6, 6.07) is 16.6. The van der Waals surface area contributed by atoms with Gasteiger partial charge < -0.3 is 4.90 Å². The Bertz CT molecular complexity index is 668. The summed E-state index contributed by atoms with van der Waals surface area (Å²) in [5.41, 5.74) is 4.69. The molecule has 2 rings (SSSR count). The van der Waals surface area contributed by atoms with Gasteiger partial charge in [-0.2, -0.15) is 0 Å². The number of carbonyl (C=O) groups is 1. The van der Waals surface area contributed by atoms with Crippen LogP contribution in [-0.2, 0) is 11.2 Å². The van der Waals surface area contributed by atoms with E-state index in [1.165, 1.54) is 16.7 Å². The maximum absolute atomic E-state index is 12.7. The minimum atomic E-state index is -0.0346. The van der Waals surface area contributed by atoms with Gasteiger partial charge in [0, 0.05) is 6.54 Å². The van der Waals surface area contributed by atoms with Gasteiger partial charge in [0.05, 0.1) is 5.69 Å². The fourth-order valence-corrected chi connectivity index (χ4v) is 3.29. The fourth-order valence-electron chi connectivity index (χ4n) is 3.14. The summed E-state index contributed by atoms with van der Waals surface area (Å²) in [5.74, 6) is 0.651. The third-order valence-electron chi connectivity index (χ3n) is 4.49. The van der Waals surface area contributed by atoms with E-state index in [2.05, 4.69) is 58.0 Å². The van der Waals surface area contributed by atoms with Crippen LogP contribution in [-0.4, -0.2) is 18.3 Å². The van der Waals surface area contributed by atoms with Crippen LogP contribution in [0.4, 0.5) is 5.69 Å². The molecule has 0 heterocycles. The van der Waals surface area contributed by atoms with E-state index in [4.69, 9.17) is 11.6 Å². The van der Waals surface area contributed by atoms with Crippen molar-refractivity contribution in [2.75, 3.05) is 17.3 Å². The van der Waals surface area contributed by atoms with E-state index in [1.807, 2.05) is 23.1 Å². The van der Waals surface area contributed by atoms with E-state index in [-0.39, 0.29) is 11.8 Å². The second-order valence-corrected chi connectivity index (χ2v) is 7.28. The van der Waals surface area contributed by atoms with E-state index in [1.54, 1.807) is 0 Å². The van der Waals surface area contributed by atoms with Crippen molar-refractivity contribution >= 4 is 23.2 Å². The predicted octanol–water partition coefficient (Wildman–Crippen LogP) is 5.75. The molecule has 0 spiro atoms. The molecule has 0 unspecified atom stereocenters. The maximum atomic E-state index is 12.7. The lowest BCUT2D eigenvalue weighted by Crippen LogP contribution is -2.35. The number of hydrogen-bond acceptors (Lipinski definition) is 1. The predicted molar refractivity (Wildman–Crippen MR) is 108 cm³/mol. The average Bonchev–Trinajstić information content (AvgIpc) is 2.62. The molecule has 0 N–H and O–H groups in total. The van der Waals surface area contributed by atoms with Crippen molar-refractivity contribution in [3.05, 3.63) is 65.2 Å². The molecule has 0 saturated heterocycles. The Morgan fingerprint density at radius 2 is 1.48 bits per heavy atom. The standard InChI is InChI=1S/C22H28ClNO/c1-16(2)19-11-8-12-20(17(3)4)22(19)24(21(25)15-23)14-13-18-9-6-5-7-10-18/h5-12,16-17H,13-15H2,1-4H3. The second-order valence-electron chi connectivity index (χ2n) is 7.01. The van der Waals surface area contributed by atoms with Crippen molar-refractivity contribution in [1.82, 2.24) is 0 Å². The molecule has 0 aliphatic heterocycles. The highest BCUT2D eigenvalue weighted by Gasteiger charge is 2.23. The number of hydrogen-bond donors (Lipinski definition) is 0. The van der Waals surface area contributed by atoms with Crippen LogP contribution in [0.25, 0.3) is 0 Å². The summed E-state index contributed by atoms with van der Waals surface area (Å²) in [6.45, 7) is 9.32. The van der Waals surface area contributed by atoms with Crippen LogP contribution < -0.4 is 4.90 Å². The summed E-state index contributed by atoms with van der Waals surface area (Å²) < 4.78 is 0. The van der Waals surface area contributed by atoms with Crippen molar-refractivity contribution < 1.29 is 4.79 Å². The number of anilines is 1. The highest BCUT2D eigenvalue weighted by atomic mass is 35.5. The van der Waals surface area contributed by atoms with Gasteiger partial charge in [0.15, 0.2) is 0 Å². The molecule has 0 aromatic heterocycles. The molecule has 134 valence electrons. The van der Waals surface area contributed by atoms with Crippen molar-refractivity contribution in [2.45, 2.75) is 46.0 Å². The van der Waals surface area contributed by atoms with Crippen LogP contribution >= 0.6 is 11.6 Å².